The van der Waals surface area contributed by atoms with Gasteiger partial charge in [-0.3, -0.25) is 9.59 Å². The lowest BCUT2D eigenvalue weighted by molar-refractivity contribution is 0.100. The topological polar surface area (TPSA) is 107 Å². The molecule has 7 heteroatoms. The van der Waals surface area contributed by atoms with Crippen molar-refractivity contribution < 1.29 is 4.79 Å². The van der Waals surface area contributed by atoms with E-state index < -0.39 is 5.91 Å². The molecule has 0 spiro atoms. The van der Waals surface area contributed by atoms with E-state index in [2.05, 4.69) is 15.0 Å². The quantitative estimate of drug-likeness (QED) is 0.650. The first-order valence-corrected chi connectivity index (χ1v) is 5.64. The van der Waals surface area contributed by atoms with Gasteiger partial charge < -0.3 is 15.3 Å². The highest BCUT2D eigenvalue weighted by Crippen LogP contribution is 2.26. The van der Waals surface area contributed by atoms with Crippen molar-refractivity contribution in [1.29, 1.82) is 0 Å². The van der Waals surface area contributed by atoms with Crippen LogP contribution in [0.5, 0.6) is 0 Å². The van der Waals surface area contributed by atoms with E-state index in [1.807, 2.05) is 0 Å². The number of carbonyl (C=O) groups is 1. The number of amides is 1. The molecule has 1 amide bonds. The van der Waals surface area contributed by atoms with Gasteiger partial charge in [0.2, 0.25) is 5.91 Å². The Labute approximate surface area is 107 Å². The summed E-state index contributed by atoms with van der Waals surface area (Å²) in [6.45, 7) is 1.77. The Morgan fingerprint density at radius 1 is 1.47 bits per heavy atom. The standard InChI is InChI=1S/C12H11N5O2/c1-5-3-6(10(13)18)7-8-9(12(19)15-4-14-8)17(2)11(7)16-5/h3-4H,1-2H3,(H2,13,18)(H,14,15,19). The summed E-state index contributed by atoms with van der Waals surface area (Å²) in [4.78, 5) is 34.5. The molecule has 0 radical (unpaired) electrons. The highest BCUT2D eigenvalue weighted by atomic mass is 16.1. The lowest BCUT2D eigenvalue weighted by Gasteiger charge is -2.01. The minimum atomic E-state index is -0.565. The highest BCUT2D eigenvalue weighted by molar-refractivity contribution is 6.15. The largest absolute Gasteiger partial charge is 0.366 e. The van der Waals surface area contributed by atoms with Gasteiger partial charge in [-0.2, -0.15) is 0 Å². The molecule has 0 aromatic carbocycles. The van der Waals surface area contributed by atoms with Crippen LogP contribution in [0, 0.1) is 6.92 Å². The zero-order chi connectivity index (χ0) is 13.7. The first-order valence-electron chi connectivity index (χ1n) is 5.64. The molecule has 0 aliphatic rings. The molecule has 0 unspecified atom stereocenters. The molecule has 3 rings (SSSR count). The van der Waals surface area contributed by atoms with Crippen LogP contribution < -0.4 is 11.3 Å². The van der Waals surface area contributed by atoms with Gasteiger partial charge >= 0.3 is 0 Å². The Kier molecular flexibility index (Phi) is 2.19. The fourth-order valence-electron chi connectivity index (χ4n) is 2.32. The van der Waals surface area contributed by atoms with Gasteiger partial charge in [0.15, 0.2) is 0 Å². The summed E-state index contributed by atoms with van der Waals surface area (Å²) in [7, 11) is 1.71. The predicted octanol–water partition coefficient (Wildman–Crippen LogP) is 0.217. The van der Waals surface area contributed by atoms with Crippen LogP contribution >= 0.6 is 0 Å². The molecule has 19 heavy (non-hydrogen) atoms. The molecule has 0 aliphatic heterocycles. The van der Waals surface area contributed by atoms with Gasteiger partial charge in [0, 0.05) is 12.7 Å². The van der Waals surface area contributed by atoms with Crippen molar-refractivity contribution in [3.05, 3.63) is 34.0 Å². The van der Waals surface area contributed by atoms with Crippen LogP contribution in [0.3, 0.4) is 0 Å². The molecule has 3 aromatic rings. The van der Waals surface area contributed by atoms with E-state index in [0.717, 1.165) is 0 Å². The zero-order valence-corrected chi connectivity index (χ0v) is 10.4. The fraction of sp³-hybridized carbons (Fsp3) is 0.167. The number of aryl methyl sites for hydroxylation is 2. The lowest BCUT2D eigenvalue weighted by atomic mass is 10.1. The van der Waals surface area contributed by atoms with Gasteiger partial charge in [-0.15, -0.1) is 0 Å². The number of primary amides is 1. The molecule has 0 saturated heterocycles. The van der Waals surface area contributed by atoms with Crippen molar-refractivity contribution in [3.8, 4) is 0 Å². The number of fused-ring (bicyclic) bond motifs is 3. The molecule has 0 atom stereocenters. The molecule has 3 aromatic heterocycles. The maximum atomic E-state index is 11.9. The van der Waals surface area contributed by atoms with Gasteiger partial charge in [0.25, 0.3) is 5.56 Å². The summed E-state index contributed by atoms with van der Waals surface area (Å²) in [5.41, 5.74) is 7.43. The minimum absolute atomic E-state index is 0.279. The lowest BCUT2D eigenvalue weighted by Crippen LogP contribution is -2.12. The van der Waals surface area contributed by atoms with Crippen molar-refractivity contribution in [2.45, 2.75) is 6.92 Å². The van der Waals surface area contributed by atoms with E-state index in [0.29, 0.717) is 33.3 Å². The number of nitrogens with zero attached hydrogens (tertiary/aromatic N) is 3. The van der Waals surface area contributed by atoms with Crippen LogP contribution in [-0.2, 0) is 7.05 Å². The maximum Gasteiger partial charge on any atom is 0.275 e. The Bertz CT molecular complexity index is 890. The molecule has 96 valence electrons. The second-order valence-electron chi connectivity index (χ2n) is 4.36. The van der Waals surface area contributed by atoms with Gasteiger partial charge in [-0.1, -0.05) is 0 Å². The number of H-pyrrole nitrogens is 1. The molecule has 0 bridgehead atoms. The van der Waals surface area contributed by atoms with Crippen LogP contribution in [0.4, 0.5) is 0 Å². The number of nitrogens with two attached hydrogens (primary N) is 1. The van der Waals surface area contributed by atoms with E-state index in [1.165, 1.54) is 6.33 Å². The van der Waals surface area contributed by atoms with E-state index in [-0.39, 0.29) is 5.56 Å². The normalized spacial score (nSPS) is 11.3. The maximum absolute atomic E-state index is 11.9. The summed E-state index contributed by atoms with van der Waals surface area (Å²) in [5.74, 6) is -0.565. The van der Waals surface area contributed by atoms with Crippen molar-refractivity contribution in [1.82, 2.24) is 19.5 Å². The van der Waals surface area contributed by atoms with Crippen molar-refractivity contribution in [2.75, 3.05) is 0 Å². The van der Waals surface area contributed by atoms with Crippen LogP contribution in [0.25, 0.3) is 22.1 Å². The molecule has 3 heterocycles. The number of nitrogens with one attached hydrogen (secondary N) is 1. The minimum Gasteiger partial charge on any atom is -0.366 e. The molecule has 3 N–H and O–H groups in total. The number of hydrogen-bond donors (Lipinski definition) is 2. The summed E-state index contributed by atoms with van der Waals surface area (Å²) >= 11 is 0. The SMILES string of the molecule is Cc1cc(C(N)=O)c2c3nc[nH]c(=O)c3n(C)c2n1. The smallest absolute Gasteiger partial charge is 0.275 e. The fourth-order valence-corrected chi connectivity index (χ4v) is 2.32. The molecular weight excluding hydrogens is 246 g/mol. The molecular formula is C12H11N5O2. The second kappa shape index (κ2) is 3.64. The Balaban J connectivity index is 2.71. The first kappa shape index (κ1) is 11.4. The van der Waals surface area contributed by atoms with E-state index in [1.54, 1.807) is 24.6 Å². The average molecular weight is 257 g/mol. The van der Waals surface area contributed by atoms with E-state index in [9.17, 15) is 9.59 Å². The predicted molar refractivity (Wildman–Crippen MR) is 69.9 cm³/mol. The number of aromatic amines is 1. The third kappa shape index (κ3) is 1.44. The van der Waals surface area contributed by atoms with Crippen LogP contribution in [-0.4, -0.2) is 25.4 Å². The first-order chi connectivity index (χ1) is 9.00. The van der Waals surface area contributed by atoms with Gasteiger partial charge in [-0.25, -0.2) is 9.97 Å². The summed E-state index contributed by atoms with van der Waals surface area (Å²) < 4.78 is 1.62. The summed E-state index contributed by atoms with van der Waals surface area (Å²) in [5, 5.41) is 0.515. The Morgan fingerprint density at radius 3 is 2.89 bits per heavy atom. The third-order valence-electron chi connectivity index (χ3n) is 3.11. The van der Waals surface area contributed by atoms with Crippen molar-refractivity contribution in [3.63, 3.8) is 0 Å². The Morgan fingerprint density at radius 2 is 2.21 bits per heavy atom. The van der Waals surface area contributed by atoms with Gasteiger partial charge in [-0.05, 0) is 13.0 Å². The van der Waals surface area contributed by atoms with E-state index >= 15 is 0 Å². The van der Waals surface area contributed by atoms with Crippen LogP contribution in [0.1, 0.15) is 16.1 Å². The monoisotopic (exact) mass is 257 g/mol. The number of carbonyl (C=O) groups excluding carboxylic acids is 1. The molecule has 0 fully saturated rings. The molecule has 0 aliphatic carbocycles. The van der Waals surface area contributed by atoms with Crippen LogP contribution in [0.2, 0.25) is 0 Å². The zero-order valence-electron chi connectivity index (χ0n) is 10.4. The summed E-state index contributed by atoms with van der Waals surface area (Å²) in [6.07, 6.45) is 1.30. The summed E-state index contributed by atoms with van der Waals surface area (Å²) in [6, 6.07) is 1.60. The molecule has 7 nitrogen and oxygen atoms in total. The van der Waals surface area contributed by atoms with Gasteiger partial charge in [0.05, 0.1) is 17.3 Å². The number of hydrogen-bond acceptors (Lipinski definition) is 4. The van der Waals surface area contributed by atoms with Gasteiger partial charge in [0.1, 0.15) is 16.7 Å². The third-order valence-corrected chi connectivity index (χ3v) is 3.11. The number of aromatic nitrogens is 4. The Hall–Kier alpha value is -2.70. The second-order valence-corrected chi connectivity index (χ2v) is 4.36. The molecule has 0 saturated carbocycles. The van der Waals surface area contributed by atoms with Crippen LogP contribution in [0.15, 0.2) is 17.2 Å². The van der Waals surface area contributed by atoms with Crippen molar-refractivity contribution in [2.24, 2.45) is 12.8 Å². The number of rotatable bonds is 1. The number of pyridine rings is 1. The average Bonchev–Trinajstić information content (AvgIpc) is 2.63. The van der Waals surface area contributed by atoms with Crippen molar-refractivity contribution >= 4 is 28.0 Å². The highest BCUT2D eigenvalue weighted by Gasteiger charge is 2.19. The van der Waals surface area contributed by atoms with E-state index in [4.69, 9.17) is 5.73 Å².